The molecule has 61 heavy (non-hydrogen) atoms. The van der Waals surface area contributed by atoms with E-state index in [1.54, 1.807) is 0 Å². The van der Waals surface area contributed by atoms with Crippen molar-refractivity contribution < 1.29 is 47.8 Å². The average molecular weight is 887 g/mol. The van der Waals surface area contributed by atoms with Gasteiger partial charge in [0.25, 0.3) is 0 Å². The van der Waals surface area contributed by atoms with Crippen molar-refractivity contribution in [1.29, 1.82) is 0 Å². The highest BCUT2D eigenvalue weighted by molar-refractivity contribution is 7.47. The van der Waals surface area contributed by atoms with Crippen molar-refractivity contribution in [3.63, 3.8) is 0 Å². The van der Waals surface area contributed by atoms with Gasteiger partial charge in [-0.15, -0.1) is 0 Å². The Hall–Kier alpha value is -1.55. The van der Waals surface area contributed by atoms with Crippen molar-refractivity contribution in [2.45, 2.75) is 257 Å². The number of hydrogen-bond donors (Lipinski definition) is 3. The van der Waals surface area contributed by atoms with Gasteiger partial charge < -0.3 is 24.6 Å². The van der Waals surface area contributed by atoms with E-state index in [0.717, 1.165) is 64.2 Å². The molecule has 3 N–H and O–H groups in total. The molecule has 0 aromatic rings. The van der Waals surface area contributed by atoms with Crippen molar-refractivity contribution >= 4 is 19.8 Å². The van der Waals surface area contributed by atoms with Gasteiger partial charge in [0.15, 0.2) is 6.10 Å². The van der Waals surface area contributed by atoms with Crippen molar-refractivity contribution in [2.24, 2.45) is 0 Å². The van der Waals surface area contributed by atoms with Crippen LogP contribution in [0.3, 0.4) is 0 Å². The molecule has 0 aliphatic carbocycles. The molecular weight excluding hydrogens is 792 g/mol. The second kappa shape index (κ2) is 46.4. The van der Waals surface area contributed by atoms with Gasteiger partial charge in [0.1, 0.15) is 12.7 Å². The van der Waals surface area contributed by atoms with Crippen molar-refractivity contribution in [2.75, 3.05) is 26.4 Å². The zero-order valence-corrected chi connectivity index (χ0v) is 40.3. The summed E-state index contributed by atoms with van der Waals surface area (Å²) in [6.07, 6.45) is 48.7. The highest BCUT2D eigenvalue weighted by atomic mass is 31.2. The van der Waals surface area contributed by atoms with Gasteiger partial charge in [0.2, 0.25) is 0 Å². The molecule has 0 aliphatic heterocycles. The number of esters is 2. The van der Waals surface area contributed by atoms with Gasteiger partial charge in [-0.3, -0.25) is 18.6 Å². The van der Waals surface area contributed by atoms with E-state index in [9.17, 15) is 24.2 Å². The topological polar surface area (TPSA) is 149 Å². The molecule has 0 aromatic carbocycles. The fraction of sp³-hybridized carbons (Fsp3) is 0.880. The van der Waals surface area contributed by atoms with E-state index in [-0.39, 0.29) is 19.4 Å². The molecule has 3 unspecified atom stereocenters. The lowest BCUT2D eigenvalue weighted by molar-refractivity contribution is -0.161. The van der Waals surface area contributed by atoms with Gasteiger partial charge in [-0.2, -0.15) is 0 Å². The minimum Gasteiger partial charge on any atom is -0.462 e. The maximum atomic E-state index is 12.6. The molecule has 0 spiro atoms. The van der Waals surface area contributed by atoms with Gasteiger partial charge in [0.05, 0.1) is 19.8 Å². The Labute approximate surface area is 374 Å². The van der Waals surface area contributed by atoms with Crippen LogP contribution >= 0.6 is 7.82 Å². The summed E-state index contributed by atoms with van der Waals surface area (Å²) in [7, 11) is -4.62. The fourth-order valence-corrected chi connectivity index (χ4v) is 7.98. The number of phosphoric ester groups is 1. The molecule has 0 aliphatic rings. The normalized spacial score (nSPS) is 13.9. The molecule has 3 atom stereocenters. The Morgan fingerprint density at radius 1 is 0.492 bits per heavy atom. The Bertz CT molecular complexity index is 1070. The molecule has 0 amide bonds. The number of phosphoric acid groups is 1. The number of carbonyl (C=O) groups is 2. The van der Waals surface area contributed by atoms with E-state index in [1.165, 1.54) is 141 Å². The molecule has 11 heteroatoms. The number of hydrogen-bond acceptors (Lipinski definition) is 9. The number of unbranched alkanes of at least 4 members (excludes halogenated alkanes) is 30. The monoisotopic (exact) mass is 887 g/mol. The van der Waals surface area contributed by atoms with Gasteiger partial charge in [0, 0.05) is 12.8 Å². The first-order valence-corrected chi connectivity index (χ1v) is 26.8. The molecular formula is C50H95O10P. The van der Waals surface area contributed by atoms with E-state index in [4.69, 9.17) is 23.6 Å². The lowest BCUT2D eigenvalue weighted by Gasteiger charge is -2.20. The Morgan fingerprint density at radius 2 is 0.869 bits per heavy atom. The maximum absolute atomic E-state index is 12.6. The summed E-state index contributed by atoms with van der Waals surface area (Å²) in [6.45, 7) is 2.37. The predicted molar refractivity (Wildman–Crippen MR) is 252 cm³/mol. The standard InChI is InChI=1S/C50H95O10P/c1-3-5-7-9-11-13-15-17-19-20-21-22-23-24-25-26-27-28-30-31-33-35-37-39-41-49(53)57-45-48(46-59-61(55,56)58-44-47(52)43-51)60-50(54)42-40-38-36-34-32-29-18-16-14-12-10-8-6-4-2/h10,12,16,18,47-48,51-52H,3-9,11,13-15,17,19-46H2,1-2H3,(H,55,56)/b12-10-,18-16-. The predicted octanol–water partition coefficient (Wildman–Crippen LogP) is 14.1. The highest BCUT2D eigenvalue weighted by Crippen LogP contribution is 2.43. The second-order valence-electron chi connectivity index (χ2n) is 17.2. The number of aliphatic hydroxyl groups is 2. The molecule has 0 saturated carbocycles. The van der Waals surface area contributed by atoms with E-state index in [2.05, 4.69) is 38.2 Å². The van der Waals surface area contributed by atoms with Crippen molar-refractivity contribution in [1.82, 2.24) is 0 Å². The third-order valence-corrected chi connectivity index (χ3v) is 12.1. The third-order valence-electron chi connectivity index (χ3n) is 11.1. The van der Waals surface area contributed by atoms with Crippen LogP contribution in [0, 0.1) is 0 Å². The minimum absolute atomic E-state index is 0.171. The summed E-state index contributed by atoms with van der Waals surface area (Å²) in [5.41, 5.74) is 0. The maximum Gasteiger partial charge on any atom is 0.472 e. The van der Waals surface area contributed by atoms with Crippen LogP contribution in [-0.4, -0.2) is 65.7 Å². The highest BCUT2D eigenvalue weighted by Gasteiger charge is 2.27. The first kappa shape index (κ1) is 59.5. The number of rotatable bonds is 48. The summed E-state index contributed by atoms with van der Waals surface area (Å²) in [6, 6.07) is 0. The number of aliphatic hydroxyl groups excluding tert-OH is 2. The molecule has 360 valence electrons. The van der Waals surface area contributed by atoms with E-state index in [1.807, 2.05) is 0 Å². The van der Waals surface area contributed by atoms with E-state index in [0.29, 0.717) is 12.8 Å². The zero-order chi connectivity index (χ0) is 44.8. The van der Waals surface area contributed by atoms with Crippen LogP contribution in [-0.2, 0) is 32.7 Å². The van der Waals surface area contributed by atoms with Crippen LogP contribution in [0.5, 0.6) is 0 Å². The van der Waals surface area contributed by atoms with Gasteiger partial charge in [-0.25, -0.2) is 4.57 Å². The smallest absolute Gasteiger partial charge is 0.462 e. The van der Waals surface area contributed by atoms with Crippen LogP contribution in [0.2, 0.25) is 0 Å². The molecule has 0 rings (SSSR count). The molecule has 0 aromatic heterocycles. The van der Waals surface area contributed by atoms with E-state index < -0.39 is 51.8 Å². The summed E-state index contributed by atoms with van der Waals surface area (Å²) >= 11 is 0. The lowest BCUT2D eigenvalue weighted by atomic mass is 10.0. The first-order chi connectivity index (χ1) is 29.7. The van der Waals surface area contributed by atoms with Gasteiger partial charge >= 0.3 is 19.8 Å². The Morgan fingerprint density at radius 3 is 1.31 bits per heavy atom. The van der Waals surface area contributed by atoms with Crippen LogP contribution < -0.4 is 0 Å². The fourth-order valence-electron chi connectivity index (χ4n) is 7.19. The second-order valence-corrected chi connectivity index (χ2v) is 18.7. The number of ether oxygens (including phenoxy) is 2. The molecule has 10 nitrogen and oxygen atoms in total. The average Bonchev–Trinajstić information content (AvgIpc) is 3.25. The van der Waals surface area contributed by atoms with Crippen LogP contribution in [0.1, 0.15) is 245 Å². The summed E-state index contributed by atoms with van der Waals surface area (Å²) in [5.74, 6) is -0.929. The molecule has 0 radical (unpaired) electrons. The van der Waals surface area contributed by atoms with Crippen LogP contribution in [0.4, 0.5) is 0 Å². The summed E-state index contributed by atoms with van der Waals surface area (Å²) < 4.78 is 32.8. The molecule has 0 fully saturated rings. The quantitative estimate of drug-likeness (QED) is 0.0233. The van der Waals surface area contributed by atoms with Crippen LogP contribution in [0.15, 0.2) is 24.3 Å². The van der Waals surface area contributed by atoms with Gasteiger partial charge in [-0.1, -0.05) is 218 Å². The van der Waals surface area contributed by atoms with Crippen molar-refractivity contribution in [3.05, 3.63) is 24.3 Å². The first-order valence-electron chi connectivity index (χ1n) is 25.3. The SMILES string of the molecule is CCCC/C=C\C/C=C\CCCCCCCC(=O)OC(COC(=O)CCCCCCCCCCCCCCCCCCCCCCCCCC)COP(=O)(O)OCC(O)CO. The zero-order valence-electron chi connectivity index (χ0n) is 39.4. The third kappa shape index (κ3) is 46.3. The van der Waals surface area contributed by atoms with Crippen molar-refractivity contribution in [3.8, 4) is 0 Å². The number of allylic oxidation sites excluding steroid dienone is 4. The summed E-state index contributed by atoms with van der Waals surface area (Å²) in [5, 5.41) is 18.4. The van der Waals surface area contributed by atoms with E-state index >= 15 is 0 Å². The van der Waals surface area contributed by atoms with Gasteiger partial charge in [-0.05, 0) is 38.5 Å². The number of carbonyl (C=O) groups excluding carboxylic acids is 2. The minimum atomic E-state index is -4.62. The Balaban J connectivity index is 4.09. The lowest BCUT2D eigenvalue weighted by Crippen LogP contribution is -2.29. The molecule has 0 bridgehead atoms. The summed E-state index contributed by atoms with van der Waals surface area (Å²) in [4.78, 5) is 35.1. The largest absolute Gasteiger partial charge is 0.472 e. The molecule has 0 saturated heterocycles. The van der Waals surface area contributed by atoms with Crippen LogP contribution in [0.25, 0.3) is 0 Å². The Kier molecular flexibility index (Phi) is 45.3. The molecule has 0 heterocycles.